The van der Waals surface area contributed by atoms with E-state index in [1.54, 1.807) is 35.2 Å². The lowest BCUT2D eigenvalue weighted by Crippen LogP contribution is -2.40. The summed E-state index contributed by atoms with van der Waals surface area (Å²) in [6.45, 7) is 2.66. The molecule has 3 aliphatic rings. The van der Waals surface area contributed by atoms with E-state index in [0.29, 0.717) is 48.8 Å². The maximum atomic E-state index is 12.8. The number of amides is 1. The second-order valence-corrected chi connectivity index (χ2v) is 8.95. The van der Waals surface area contributed by atoms with E-state index in [0.717, 1.165) is 0 Å². The molecule has 2 aromatic heterocycles. The number of morpholine rings is 1. The van der Waals surface area contributed by atoms with Crippen molar-refractivity contribution in [2.45, 2.75) is 24.4 Å². The number of H-pyrrole nitrogens is 1. The number of carbonyl (C=O) groups is 1. The lowest BCUT2D eigenvalue weighted by atomic mass is 10.1. The van der Waals surface area contributed by atoms with Crippen LogP contribution in [0.25, 0.3) is 11.2 Å². The number of ether oxygens (including phenoxy) is 5. The fraction of sp³-hybridized carbons (Fsp3) is 0.435. The van der Waals surface area contributed by atoms with Crippen molar-refractivity contribution >= 4 is 28.7 Å². The van der Waals surface area contributed by atoms with Gasteiger partial charge in [0.15, 0.2) is 11.8 Å². The number of nitrogens with zero attached hydrogens (tertiary/aromatic N) is 3. The third-order valence-electron chi connectivity index (χ3n) is 6.21. The van der Waals surface area contributed by atoms with Crippen LogP contribution in [0.4, 0.5) is 0 Å². The van der Waals surface area contributed by atoms with Crippen LogP contribution in [0, 0.1) is 0 Å². The van der Waals surface area contributed by atoms with Crippen molar-refractivity contribution in [3.8, 4) is 17.6 Å². The Morgan fingerprint density at radius 3 is 2.83 bits per heavy atom. The van der Waals surface area contributed by atoms with E-state index in [4.69, 9.17) is 35.3 Å². The van der Waals surface area contributed by atoms with Gasteiger partial charge in [0.1, 0.15) is 29.1 Å². The predicted octanol–water partition coefficient (Wildman–Crippen LogP) is 1.78. The van der Waals surface area contributed by atoms with E-state index in [-0.39, 0.29) is 42.1 Å². The first kappa shape index (κ1) is 22.5. The first-order chi connectivity index (χ1) is 17.0. The molecule has 3 aromatic rings. The lowest BCUT2D eigenvalue weighted by molar-refractivity contribution is 0.00706. The van der Waals surface area contributed by atoms with Crippen molar-refractivity contribution < 1.29 is 33.6 Å². The number of imidazole rings is 1. The summed E-state index contributed by atoms with van der Waals surface area (Å²) in [6, 6.07) is 8.75. The fourth-order valence-corrected chi connectivity index (χ4v) is 4.64. The van der Waals surface area contributed by atoms with E-state index >= 15 is 0 Å². The third-order valence-corrected chi connectivity index (χ3v) is 6.48. The molecule has 2 N–H and O–H groups in total. The van der Waals surface area contributed by atoms with E-state index in [9.17, 15) is 9.90 Å². The fourth-order valence-electron chi connectivity index (χ4n) is 4.45. The zero-order chi connectivity index (χ0) is 23.9. The molecule has 1 aromatic carbocycles. The molecule has 0 aliphatic carbocycles. The molecule has 4 atom stereocenters. The number of nitrogens with one attached hydrogen (secondary N) is 1. The van der Waals surface area contributed by atoms with Gasteiger partial charge in [-0.3, -0.25) is 4.79 Å². The Kier molecular flexibility index (Phi) is 5.94. The van der Waals surface area contributed by atoms with Crippen molar-refractivity contribution in [3.05, 3.63) is 40.9 Å². The van der Waals surface area contributed by atoms with Gasteiger partial charge in [0.2, 0.25) is 5.88 Å². The first-order valence-corrected chi connectivity index (χ1v) is 11.7. The van der Waals surface area contributed by atoms with E-state index < -0.39 is 18.3 Å². The number of hydrogen-bond donors (Lipinski definition) is 2. The van der Waals surface area contributed by atoms with Crippen LogP contribution in [0.3, 0.4) is 0 Å². The van der Waals surface area contributed by atoms with Gasteiger partial charge < -0.3 is 38.7 Å². The van der Waals surface area contributed by atoms with Gasteiger partial charge >= 0.3 is 0 Å². The van der Waals surface area contributed by atoms with E-state index in [1.807, 2.05) is 0 Å². The van der Waals surface area contributed by atoms with E-state index in [1.165, 1.54) is 0 Å². The second-order valence-electron chi connectivity index (χ2n) is 8.54. The number of fused-ring (bicyclic) bond motifs is 2. The lowest BCUT2D eigenvalue weighted by Gasteiger charge is -2.26. The molecule has 3 aliphatic heterocycles. The maximum absolute atomic E-state index is 12.8. The monoisotopic (exact) mass is 502 g/mol. The van der Waals surface area contributed by atoms with Crippen LogP contribution in [-0.2, 0) is 14.2 Å². The van der Waals surface area contributed by atoms with Gasteiger partial charge in [-0.25, -0.2) is 0 Å². The van der Waals surface area contributed by atoms with Gasteiger partial charge in [-0.05, 0) is 24.3 Å². The zero-order valence-corrected chi connectivity index (χ0v) is 19.3. The van der Waals surface area contributed by atoms with Crippen LogP contribution in [0.15, 0.2) is 30.3 Å². The number of halogens is 1. The average Bonchev–Trinajstić information content (AvgIpc) is 3.56. The van der Waals surface area contributed by atoms with Crippen LogP contribution in [0.1, 0.15) is 10.4 Å². The molecule has 3 fully saturated rings. The summed E-state index contributed by atoms with van der Waals surface area (Å²) in [5, 5.41) is 10.2. The van der Waals surface area contributed by atoms with Crippen LogP contribution in [0.2, 0.25) is 5.02 Å². The largest absolute Gasteiger partial charge is 0.456 e. The van der Waals surface area contributed by atoms with Gasteiger partial charge in [-0.1, -0.05) is 17.7 Å². The number of aliphatic hydroxyl groups is 1. The molecule has 35 heavy (non-hydrogen) atoms. The number of rotatable bonds is 5. The molecule has 5 heterocycles. The summed E-state index contributed by atoms with van der Waals surface area (Å²) in [5.41, 5.74) is 1.42. The minimum Gasteiger partial charge on any atom is -0.456 e. The molecule has 0 radical (unpaired) electrons. The average molecular weight is 503 g/mol. The van der Waals surface area contributed by atoms with Crippen molar-refractivity contribution in [1.29, 1.82) is 0 Å². The molecule has 184 valence electrons. The van der Waals surface area contributed by atoms with Crippen LogP contribution < -0.4 is 9.47 Å². The Balaban J connectivity index is 1.18. The van der Waals surface area contributed by atoms with E-state index in [2.05, 4.69) is 15.0 Å². The number of hydrogen-bond acceptors (Lipinski definition) is 9. The molecule has 1 unspecified atom stereocenters. The molecule has 0 bridgehead atoms. The number of pyridine rings is 1. The number of carbonyl (C=O) groups excluding carboxylic acids is 1. The Hall–Kier alpha value is -2.96. The highest BCUT2D eigenvalue weighted by Crippen LogP contribution is 2.33. The van der Waals surface area contributed by atoms with Gasteiger partial charge in [-0.2, -0.15) is 9.97 Å². The van der Waals surface area contributed by atoms with Crippen molar-refractivity contribution in [2.24, 2.45) is 0 Å². The summed E-state index contributed by atoms with van der Waals surface area (Å²) in [7, 11) is 0. The van der Waals surface area contributed by atoms with Gasteiger partial charge in [0, 0.05) is 18.7 Å². The Morgan fingerprint density at radius 2 is 1.97 bits per heavy atom. The zero-order valence-electron chi connectivity index (χ0n) is 18.6. The number of aromatic amines is 1. The Morgan fingerprint density at radius 1 is 1.14 bits per heavy atom. The maximum Gasteiger partial charge on any atom is 0.296 e. The normalized spacial score (nSPS) is 26.2. The number of aliphatic hydroxyl groups excluding tert-OH is 1. The molecule has 0 spiro atoms. The smallest absolute Gasteiger partial charge is 0.296 e. The molecule has 1 amide bonds. The number of benzene rings is 1. The summed E-state index contributed by atoms with van der Waals surface area (Å²) in [6.07, 6.45) is -1.83. The first-order valence-electron chi connectivity index (χ1n) is 11.3. The molecule has 6 rings (SSSR count). The minimum absolute atomic E-state index is 0.0840. The highest BCUT2D eigenvalue weighted by molar-refractivity contribution is 6.32. The summed E-state index contributed by atoms with van der Waals surface area (Å²) >= 11 is 6.41. The van der Waals surface area contributed by atoms with Crippen LogP contribution in [0.5, 0.6) is 17.6 Å². The topological polar surface area (TPSA) is 128 Å². The summed E-state index contributed by atoms with van der Waals surface area (Å²) in [5.74, 6) is 0.495. The Bertz CT molecular complexity index is 1250. The third kappa shape index (κ3) is 4.41. The van der Waals surface area contributed by atoms with Crippen molar-refractivity contribution in [2.75, 3.05) is 39.5 Å². The molecule has 3 saturated heterocycles. The highest BCUT2D eigenvalue weighted by Gasteiger charge is 2.48. The standard InChI is InChI=1S/C23H23ClN4O7/c24-14-9-15-20(27-23(25-15)35-17-11-33-18-16(29)10-32-19(17)18)26-21(14)34-13-3-1-2-12(8-13)22(30)28-4-6-31-7-5-28/h1-3,8-9,16-19,29H,4-7,10-11H2,(H,25,26,27)/t16-,17-,18?,19-/m1/s1. The van der Waals surface area contributed by atoms with Gasteiger partial charge in [0.05, 0.1) is 31.9 Å². The number of aromatic nitrogens is 3. The molecule has 12 heteroatoms. The molecular formula is C23H23ClN4O7. The Labute approximate surface area is 204 Å². The SMILES string of the molecule is O=C(c1cccc(Oc2nc3nc(O[C@@H]4COC5[C@H](O)CO[C@@H]54)[nH]c3cc2Cl)c1)N1CCOCC1. The minimum atomic E-state index is -0.660. The quantitative estimate of drug-likeness (QED) is 0.536. The highest BCUT2D eigenvalue weighted by atomic mass is 35.5. The van der Waals surface area contributed by atoms with Crippen molar-refractivity contribution in [3.63, 3.8) is 0 Å². The van der Waals surface area contributed by atoms with Crippen LogP contribution in [-0.4, -0.2) is 94.8 Å². The van der Waals surface area contributed by atoms with Crippen LogP contribution >= 0.6 is 11.6 Å². The second kappa shape index (κ2) is 9.25. The summed E-state index contributed by atoms with van der Waals surface area (Å²) in [4.78, 5) is 26.4. The predicted molar refractivity (Wildman–Crippen MR) is 122 cm³/mol. The van der Waals surface area contributed by atoms with Crippen molar-refractivity contribution in [1.82, 2.24) is 19.9 Å². The summed E-state index contributed by atoms with van der Waals surface area (Å²) < 4.78 is 28.3. The van der Waals surface area contributed by atoms with Gasteiger partial charge in [0.25, 0.3) is 11.9 Å². The molecule has 11 nitrogen and oxygen atoms in total. The van der Waals surface area contributed by atoms with Gasteiger partial charge in [-0.15, -0.1) is 0 Å². The molecule has 0 saturated carbocycles. The molecular weight excluding hydrogens is 480 g/mol.